The first-order chi connectivity index (χ1) is 8.40. The van der Waals surface area contributed by atoms with E-state index in [-0.39, 0.29) is 11.5 Å². The lowest BCUT2D eigenvalue weighted by atomic mass is 10.1. The first-order valence-electron chi connectivity index (χ1n) is 5.70. The van der Waals surface area contributed by atoms with Gasteiger partial charge >= 0.3 is 0 Å². The van der Waals surface area contributed by atoms with E-state index in [2.05, 4.69) is 15.1 Å². The first-order valence-corrected chi connectivity index (χ1v) is 6.78. The molecule has 5 nitrogen and oxygen atoms in total. The van der Waals surface area contributed by atoms with Gasteiger partial charge in [0.2, 0.25) is 0 Å². The molecule has 0 aliphatic heterocycles. The summed E-state index contributed by atoms with van der Waals surface area (Å²) in [5.74, 6) is 0.810. The third kappa shape index (κ3) is 2.33. The van der Waals surface area contributed by atoms with Crippen LogP contribution in [0.15, 0.2) is 11.0 Å². The summed E-state index contributed by atoms with van der Waals surface area (Å²) < 4.78 is 2.38. The second kappa shape index (κ2) is 4.83. The SMILES string of the molecule is Cc1nn(C)cc1-c1nc(C(C)C)c(I)c(=O)[nH]1. The third-order valence-electron chi connectivity index (χ3n) is 2.70. The minimum Gasteiger partial charge on any atom is -0.305 e. The second-order valence-corrected chi connectivity index (χ2v) is 5.65. The van der Waals surface area contributed by atoms with E-state index in [1.807, 2.05) is 56.6 Å². The van der Waals surface area contributed by atoms with Gasteiger partial charge in [-0.3, -0.25) is 9.48 Å². The van der Waals surface area contributed by atoms with Gasteiger partial charge in [0.05, 0.1) is 20.5 Å². The Morgan fingerprint density at radius 3 is 2.61 bits per heavy atom. The van der Waals surface area contributed by atoms with Crippen LogP contribution >= 0.6 is 22.6 Å². The summed E-state index contributed by atoms with van der Waals surface area (Å²) in [6, 6.07) is 0. The standard InChI is InChI=1S/C12H15IN4O/c1-6(2)10-9(13)12(18)15-11(14-10)8-5-17(4)16-7(8)3/h5-6H,1-4H3,(H,14,15,18). The van der Waals surface area contributed by atoms with Crippen molar-refractivity contribution in [1.29, 1.82) is 0 Å². The number of halogens is 1. The monoisotopic (exact) mass is 358 g/mol. The molecule has 0 fully saturated rings. The van der Waals surface area contributed by atoms with Gasteiger partial charge in [0.25, 0.3) is 5.56 Å². The normalized spacial score (nSPS) is 11.2. The molecule has 96 valence electrons. The molecular formula is C12H15IN4O. The Balaban J connectivity index is 2.66. The van der Waals surface area contributed by atoms with E-state index in [0.717, 1.165) is 17.0 Å². The summed E-state index contributed by atoms with van der Waals surface area (Å²) in [6.07, 6.45) is 1.87. The molecule has 0 saturated heterocycles. The van der Waals surface area contributed by atoms with Crippen molar-refractivity contribution in [3.05, 3.63) is 31.5 Å². The van der Waals surface area contributed by atoms with Crippen LogP contribution in [0.25, 0.3) is 11.4 Å². The highest BCUT2D eigenvalue weighted by molar-refractivity contribution is 14.1. The molecule has 2 aromatic heterocycles. The van der Waals surface area contributed by atoms with E-state index in [1.165, 1.54) is 0 Å². The van der Waals surface area contributed by atoms with Gasteiger partial charge in [-0.1, -0.05) is 13.8 Å². The maximum absolute atomic E-state index is 11.9. The average Bonchev–Trinajstić information content (AvgIpc) is 2.61. The van der Waals surface area contributed by atoms with Crippen molar-refractivity contribution in [2.24, 2.45) is 7.05 Å². The molecule has 0 atom stereocenters. The van der Waals surface area contributed by atoms with Crippen molar-refractivity contribution >= 4 is 22.6 Å². The summed E-state index contributed by atoms with van der Waals surface area (Å²) in [4.78, 5) is 19.3. The van der Waals surface area contributed by atoms with Crippen molar-refractivity contribution < 1.29 is 0 Å². The van der Waals surface area contributed by atoms with E-state index in [9.17, 15) is 4.79 Å². The van der Waals surface area contributed by atoms with Gasteiger partial charge in [0.15, 0.2) is 0 Å². The number of aryl methyl sites for hydroxylation is 2. The van der Waals surface area contributed by atoms with Crippen LogP contribution in [0.3, 0.4) is 0 Å². The Hall–Kier alpha value is -1.18. The highest BCUT2D eigenvalue weighted by Crippen LogP contribution is 2.21. The molecule has 0 spiro atoms. The number of rotatable bonds is 2. The van der Waals surface area contributed by atoms with Gasteiger partial charge in [0, 0.05) is 13.2 Å². The molecule has 6 heteroatoms. The average molecular weight is 358 g/mol. The molecule has 2 rings (SSSR count). The number of nitrogens with zero attached hydrogens (tertiary/aromatic N) is 3. The van der Waals surface area contributed by atoms with Gasteiger partial charge in [-0.2, -0.15) is 5.10 Å². The fraction of sp³-hybridized carbons (Fsp3) is 0.417. The van der Waals surface area contributed by atoms with Crippen LogP contribution in [0.2, 0.25) is 0 Å². The molecule has 0 bridgehead atoms. The smallest absolute Gasteiger partial charge is 0.264 e. The molecule has 0 aliphatic carbocycles. The van der Waals surface area contributed by atoms with Crippen LogP contribution < -0.4 is 5.56 Å². The summed E-state index contributed by atoms with van der Waals surface area (Å²) >= 11 is 2.04. The Kier molecular flexibility index (Phi) is 3.56. The first kappa shape index (κ1) is 13.3. The van der Waals surface area contributed by atoms with Crippen LogP contribution in [0.5, 0.6) is 0 Å². The summed E-state index contributed by atoms with van der Waals surface area (Å²) in [5.41, 5.74) is 2.47. The number of H-pyrrole nitrogens is 1. The predicted molar refractivity (Wildman–Crippen MR) is 78.6 cm³/mol. The van der Waals surface area contributed by atoms with Crippen molar-refractivity contribution in [2.75, 3.05) is 0 Å². The molecule has 0 aromatic carbocycles. The number of nitrogens with one attached hydrogen (secondary N) is 1. The zero-order valence-electron chi connectivity index (χ0n) is 10.8. The van der Waals surface area contributed by atoms with Crippen LogP contribution in [0.1, 0.15) is 31.2 Å². The van der Waals surface area contributed by atoms with Crippen molar-refractivity contribution in [3.8, 4) is 11.4 Å². The minimum absolute atomic E-state index is 0.0902. The molecule has 0 radical (unpaired) electrons. The highest BCUT2D eigenvalue weighted by Gasteiger charge is 2.15. The fourth-order valence-electron chi connectivity index (χ4n) is 1.82. The highest BCUT2D eigenvalue weighted by atomic mass is 127. The van der Waals surface area contributed by atoms with Crippen molar-refractivity contribution in [1.82, 2.24) is 19.7 Å². The minimum atomic E-state index is -0.0902. The maximum atomic E-state index is 11.9. The molecule has 1 N–H and O–H groups in total. The van der Waals surface area contributed by atoms with E-state index in [4.69, 9.17) is 0 Å². The van der Waals surface area contributed by atoms with Crippen molar-refractivity contribution in [2.45, 2.75) is 26.7 Å². The summed E-state index contributed by atoms with van der Waals surface area (Å²) in [6.45, 7) is 5.97. The fourth-order valence-corrected chi connectivity index (χ4v) is 2.70. The zero-order valence-corrected chi connectivity index (χ0v) is 12.9. The van der Waals surface area contributed by atoms with Gasteiger partial charge in [-0.15, -0.1) is 0 Å². The topological polar surface area (TPSA) is 63.6 Å². The molecule has 0 unspecified atom stereocenters. The van der Waals surface area contributed by atoms with Gasteiger partial charge in [-0.05, 0) is 35.4 Å². The lowest BCUT2D eigenvalue weighted by Gasteiger charge is -2.08. The summed E-state index contributed by atoms with van der Waals surface area (Å²) in [5, 5.41) is 4.27. The summed E-state index contributed by atoms with van der Waals surface area (Å²) in [7, 11) is 1.85. The largest absolute Gasteiger partial charge is 0.305 e. The Bertz CT molecular complexity index is 642. The molecular weight excluding hydrogens is 343 g/mol. The maximum Gasteiger partial charge on any atom is 0.264 e. The van der Waals surface area contributed by atoms with Crippen LogP contribution in [-0.4, -0.2) is 19.7 Å². The lowest BCUT2D eigenvalue weighted by molar-refractivity contribution is 0.756. The van der Waals surface area contributed by atoms with E-state index in [1.54, 1.807) is 4.68 Å². The van der Waals surface area contributed by atoms with E-state index in [0.29, 0.717) is 9.39 Å². The zero-order chi connectivity index (χ0) is 13.4. The Morgan fingerprint density at radius 2 is 2.11 bits per heavy atom. The van der Waals surface area contributed by atoms with Gasteiger partial charge < -0.3 is 4.98 Å². The Labute approximate surface area is 119 Å². The molecule has 0 amide bonds. The van der Waals surface area contributed by atoms with Crippen molar-refractivity contribution in [3.63, 3.8) is 0 Å². The lowest BCUT2D eigenvalue weighted by Crippen LogP contribution is -2.17. The van der Waals surface area contributed by atoms with E-state index < -0.39 is 0 Å². The molecule has 2 heterocycles. The molecule has 0 aliphatic rings. The predicted octanol–water partition coefficient (Wildman–Crippen LogP) is 2.21. The van der Waals surface area contributed by atoms with Crippen LogP contribution in [0, 0.1) is 10.5 Å². The number of aromatic nitrogens is 4. The third-order valence-corrected chi connectivity index (χ3v) is 3.75. The molecule has 0 saturated carbocycles. The second-order valence-electron chi connectivity index (χ2n) is 4.57. The van der Waals surface area contributed by atoms with Gasteiger partial charge in [-0.25, -0.2) is 4.98 Å². The number of hydrogen-bond donors (Lipinski definition) is 1. The van der Waals surface area contributed by atoms with Crippen LogP contribution in [-0.2, 0) is 7.05 Å². The number of aromatic amines is 1. The Morgan fingerprint density at radius 1 is 1.44 bits per heavy atom. The van der Waals surface area contributed by atoms with E-state index >= 15 is 0 Å². The quantitative estimate of drug-likeness (QED) is 0.838. The number of hydrogen-bond acceptors (Lipinski definition) is 3. The molecule has 18 heavy (non-hydrogen) atoms. The van der Waals surface area contributed by atoms with Gasteiger partial charge in [0.1, 0.15) is 5.82 Å². The van der Waals surface area contributed by atoms with Crippen LogP contribution in [0.4, 0.5) is 0 Å². The molecule has 2 aromatic rings.